The molecular formula is C18H22ClN5OS. The monoisotopic (exact) mass is 391 g/mol. The van der Waals surface area contributed by atoms with Crippen LogP contribution in [0.3, 0.4) is 0 Å². The molecule has 0 unspecified atom stereocenters. The van der Waals surface area contributed by atoms with Crippen LogP contribution in [-0.4, -0.2) is 52.8 Å². The van der Waals surface area contributed by atoms with Gasteiger partial charge in [-0.3, -0.25) is 14.4 Å². The van der Waals surface area contributed by atoms with E-state index in [0.29, 0.717) is 22.4 Å². The van der Waals surface area contributed by atoms with Gasteiger partial charge in [-0.15, -0.1) is 0 Å². The van der Waals surface area contributed by atoms with E-state index in [0.717, 1.165) is 16.8 Å². The summed E-state index contributed by atoms with van der Waals surface area (Å²) in [5.41, 5.74) is 1.15. The summed E-state index contributed by atoms with van der Waals surface area (Å²) in [4.78, 5) is 21.5. The van der Waals surface area contributed by atoms with E-state index < -0.39 is 0 Å². The summed E-state index contributed by atoms with van der Waals surface area (Å²) in [6.07, 6.45) is 1.83. The lowest BCUT2D eigenvalue weighted by molar-refractivity contribution is 0.0979. The number of benzene rings is 1. The first kappa shape index (κ1) is 18.8. The third-order valence-electron chi connectivity index (χ3n) is 3.96. The molecule has 0 aliphatic heterocycles. The average Bonchev–Trinajstić information content (AvgIpc) is 3.22. The molecule has 0 aliphatic rings. The average molecular weight is 392 g/mol. The number of anilines is 1. The van der Waals surface area contributed by atoms with Crippen LogP contribution < -0.4 is 4.90 Å². The van der Waals surface area contributed by atoms with E-state index in [1.165, 1.54) is 11.3 Å². The second kappa shape index (κ2) is 7.73. The number of nitrogens with zero attached hydrogens (tertiary/aromatic N) is 5. The Morgan fingerprint density at radius 3 is 2.65 bits per heavy atom. The predicted octanol–water partition coefficient (Wildman–Crippen LogP) is 3.94. The predicted molar refractivity (Wildman–Crippen MR) is 107 cm³/mol. The largest absolute Gasteiger partial charge is 0.308 e. The van der Waals surface area contributed by atoms with Crippen LogP contribution in [0.25, 0.3) is 10.2 Å². The highest BCUT2D eigenvalue weighted by molar-refractivity contribution is 7.22. The number of thiazole rings is 1. The molecule has 0 atom stereocenters. The third kappa shape index (κ3) is 3.90. The number of rotatable bonds is 6. The van der Waals surface area contributed by atoms with Crippen LogP contribution in [0.4, 0.5) is 5.13 Å². The molecule has 3 rings (SSSR count). The Morgan fingerprint density at radius 2 is 2.04 bits per heavy atom. The number of halogens is 1. The van der Waals surface area contributed by atoms with Crippen LogP contribution in [0.2, 0.25) is 5.02 Å². The van der Waals surface area contributed by atoms with Crippen LogP contribution >= 0.6 is 22.9 Å². The second-order valence-electron chi connectivity index (χ2n) is 6.62. The number of hydrogen-bond acceptors (Lipinski definition) is 5. The highest BCUT2D eigenvalue weighted by Gasteiger charge is 2.24. The van der Waals surface area contributed by atoms with Gasteiger partial charge in [0.1, 0.15) is 5.52 Å². The van der Waals surface area contributed by atoms with Crippen molar-refractivity contribution in [1.29, 1.82) is 0 Å². The summed E-state index contributed by atoms with van der Waals surface area (Å²) in [5.74, 6) is -0.151. The number of aromatic nitrogens is 3. The van der Waals surface area contributed by atoms with Gasteiger partial charge < -0.3 is 4.90 Å². The van der Waals surface area contributed by atoms with Crippen LogP contribution in [0.15, 0.2) is 30.5 Å². The summed E-state index contributed by atoms with van der Waals surface area (Å²) in [6, 6.07) is 7.62. The second-order valence-corrected chi connectivity index (χ2v) is 8.03. The van der Waals surface area contributed by atoms with Crippen molar-refractivity contribution in [3.05, 3.63) is 41.2 Å². The maximum absolute atomic E-state index is 13.1. The number of fused-ring (bicyclic) bond motifs is 1. The molecule has 0 saturated heterocycles. The summed E-state index contributed by atoms with van der Waals surface area (Å²) in [5, 5.41) is 5.65. The van der Waals surface area contributed by atoms with E-state index in [2.05, 4.69) is 10.1 Å². The quantitative estimate of drug-likeness (QED) is 0.638. The smallest absolute Gasteiger partial charge is 0.280 e. The topological polar surface area (TPSA) is 54.3 Å². The summed E-state index contributed by atoms with van der Waals surface area (Å²) in [6.45, 7) is 5.30. The van der Waals surface area contributed by atoms with Gasteiger partial charge in [0, 0.05) is 25.3 Å². The van der Waals surface area contributed by atoms with Gasteiger partial charge in [0.15, 0.2) is 10.8 Å². The molecule has 0 N–H and O–H groups in total. The standard InChI is InChI=1S/C18H22ClN5OS/c1-12(2)24-9-8-14(21-24)17(25)23(11-10-22(3)4)18-20-16-13(19)6-5-7-15(16)26-18/h5-9,12H,10-11H2,1-4H3. The van der Waals surface area contributed by atoms with Gasteiger partial charge in [0.25, 0.3) is 5.91 Å². The number of para-hydroxylation sites is 1. The summed E-state index contributed by atoms with van der Waals surface area (Å²) in [7, 11) is 3.96. The first-order chi connectivity index (χ1) is 12.4. The van der Waals surface area contributed by atoms with E-state index in [1.807, 2.05) is 57.2 Å². The molecule has 2 aromatic heterocycles. The molecule has 0 bridgehead atoms. The Hall–Kier alpha value is -1.96. The molecule has 0 radical (unpaired) electrons. The first-order valence-electron chi connectivity index (χ1n) is 8.43. The van der Waals surface area contributed by atoms with E-state index in [-0.39, 0.29) is 11.9 Å². The zero-order valence-electron chi connectivity index (χ0n) is 15.3. The van der Waals surface area contributed by atoms with Crippen molar-refractivity contribution >= 4 is 44.2 Å². The van der Waals surface area contributed by atoms with Crippen molar-refractivity contribution in [2.45, 2.75) is 19.9 Å². The molecule has 138 valence electrons. The minimum atomic E-state index is -0.151. The molecule has 2 heterocycles. The fourth-order valence-corrected chi connectivity index (χ4v) is 3.77. The maximum atomic E-state index is 13.1. The number of hydrogen-bond donors (Lipinski definition) is 0. The number of carbonyl (C=O) groups is 1. The highest BCUT2D eigenvalue weighted by atomic mass is 35.5. The molecule has 8 heteroatoms. The van der Waals surface area contributed by atoms with Gasteiger partial charge in [-0.05, 0) is 46.1 Å². The minimum Gasteiger partial charge on any atom is -0.308 e. The number of amides is 1. The van der Waals surface area contributed by atoms with Crippen LogP contribution in [0.1, 0.15) is 30.4 Å². The zero-order valence-corrected chi connectivity index (χ0v) is 16.9. The minimum absolute atomic E-state index is 0.151. The molecular weight excluding hydrogens is 370 g/mol. The SMILES string of the molecule is CC(C)n1ccc(C(=O)N(CCN(C)C)c2nc3c(Cl)cccc3s2)n1. The molecule has 1 aromatic carbocycles. The lowest BCUT2D eigenvalue weighted by Crippen LogP contribution is -2.37. The van der Waals surface area contributed by atoms with E-state index in [9.17, 15) is 4.79 Å². The van der Waals surface area contributed by atoms with E-state index in [1.54, 1.807) is 15.6 Å². The van der Waals surface area contributed by atoms with Crippen LogP contribution in [0, 0.1) is 0 Å². The van der Waals surface area contributed by atoms with Gasteiger partial charge in [-0.2, -0.15) is 5.10 Å². The van der Waals surface area contributed by atoms with E-state index in [4.69, 9.17) is 11.6 Å². The molecule has 0 saturated carbocycles. The number of likely N-dealkylation sites (N-methyl/N-ethyl adjacent to an activating group) is 1. The van der Waals surface area contributed by atoms with Crippen LogP contribution in [-0.2, 0) is 0 Å². The molecule has 26 heavy (non-hydrogen) atoms. The van der Waals surface area contributed by atoms with Crippen molar-refractivity contribution in [1.82, 2.24) is 19.7 Å². The molecule has 0 fully saturated rings. The zero-order chi connectivity index (χ0) is 18.8. The fraction of sp³-hybridized carbons (Fsp3) is 0.389. The Morgan fingerprint density at radius 1 is 1.27 bits per heavy atom. The molecule has 6 nitrogen and oxygen atoms in total. The molecule has 3 aromatic rings. The summed E-state index contributed by atoms with van der Waals surface area (Å²) < 4.78 is 2.75. The number of carbonyl (C=O) groups excluding carboxylic acids is 1. The summed E-state index contributed by atoms with van der Waals surface area (Å²) >= 11 is 7.72. The Labute approximate surface area is 162 Å². The molecule has 0 aliphatic carbocycles. The van der Waals surface area contributed by atoms with Crippen molar-refractivity contribution in [3.8, 4) is 0 Å². The van der Waals surface area contributed by atoms with Gasteiger partial charge in [0.05, 0.1) is 9.72 Å². The van der Waals surface area contributed by atoms with Crippen molar-refractivity contribution in [3.63, 3.8) is 0 Å². The van der Waals surface area contributed by atoms with Crippen LogP contribution in [0.5, 0.6) is 0 Å². The lowest BCUT2D eigenvalue weighted by Gasteiger charge is -2.21. The van der Waals surface area contributed by atoms with Gasteiger partial charge in [-0.25, -0.2) is 4.98 Å². The maximum Gasteiger partial charge on any atom is 0.280 e. The van der Waals surface area contributed by atoms with Crippen molar-refractivity contribution in [2.75, 3.05) is 32.1 Å². The van der Waals surface area contributed by atoms with Gasteiger partial charge in [0.2, 0.25) is 0 Å². The van der Waals surface area contributed by atoms with Gasteiger partial charge in [-0.1, -0.05) is 29.0 Å². The Bertz CT molecular complexity index is 917. The van der Waals surface area contributed by atoms with Crippen molar-refractivity contribution in [2.24, 2.45) is 0 Å². The van der Waals surface area contributed by atoms with Crippen molar-refractivity contribution < 1.29 is 4.79 Å². The molecule has 1 amide bonds. The Kier molecular flexibility index (Phi) is 5.60. The fourth-order valence-electron chi connectivity index (χ4n) is 2.48. The first-order valence-corrected chi connectivity index (χ1v) is 9.63. The van der Waals surface area contributed by atoms with E-state index >= 15 is 0 Å². The Balaban J connectivity index is 1.97. The third-order valence-corrected chi connectivity index (χ3v) is 5.31. The molecule has 0 spiro atoms. The normalized spacial score (nSPS) is 11.7. The highest BCUT2D eigenvalue weighted by Crippen LogP contribution is 2.33. The lowest BCUT2D eigenvalue weighted by atomic mass is 10.3. The van der Waals surface area contributed by atoms with Gasteiger partial charge >= 0.3 is 0 Å².